The van der Waals surface area contributed by atoms with E-state index in [4.69, 9.17) is 5.73 Å². The Morgan fingerprint density at radius 3 is 2.22 bits per heavy atom. The quantitative estimate of drug-likeness (QED) is 0.895. The fourth-order valence-corrected chi connectivity index (χ4v) is 3.64. The maximum Gasteiger partial charge on any atom is 0.253 e. The van der Waals surface area contributed by atoms with Gasteiger partial charge in [0.1, 0.15) is 0 Å². The van der Waals surface area contributed by atoms with Gasteiger partial charge in [-0.25, -0.2) is 0 Å². The molecule has 1 saturated heterocycles. The van der Waals surface area contributed by atoms with Crippen molar-refractivity contribution in [3.8, 4) is 0 Å². The summed E-state index contributed by atoms with van der Waals surface area (Å²) in [4.78, 5) is 26.7. The summed E-state index contributed by atoms with van der Waals surface area (Å²) in [6, 6.07) is 7.20. The van der Waals surface area contributed by atoms with Gasteiger partial charge in [0.25, 0.3) is 5.91 Å². The Morgan fingerprint density at radius 2 is 1.65 bits per heavy atom. The van der Waals surface area contributed by atoms with Gasteiger partial charge in [0.15, 0.2) is 0 Å². The van der Waals surface area contributed by atoms with Crippen LogP contribution in [0.3, 0.4) is 0 Å². The van der Waals surface area contributed by atoms with E-state index in [1.807, 2.05) is 4.90 Å². The van der Waals surface area contributed by atoms with Gasteiger partial charge in [-0.2, -0.15) is 0 Å². The van der Waals surface area contributed by atoms with Gasteiger partial charge in [0, 0.05) is 30.9 Å². The Kier molecular flexibility index (Phi) is 4.66. The largest absolute Gasteiger partial charge is 0.339 e. The van der Waals surface area contributed by atoms with Crippen molar-refractivity contribution in [1.29, 1.82) is 0 Å². The van der Waals surface area contributed by atoms with Crippen LogP contribution in [0.15, 0.2) is 24.3 Å². The molecule has 0 spiro atoms. The lowest BCUT2D eigenvalue weighted by Gasteiger charge is -2.25. The van der Waals surface area contributed by atoms with E-state index in [0.29, 0.717) is 12.1 Å². The topological polar surface area (TPSA) is 75.4 Å². The molecule has 2 amide bonds. The molecule has 1 aromatic rings. The van der Waals surface area contributed by atoms with Gasteiger partial charge in [0.05, 0.1) is 5.41 Å². The molecule has 0 aromatic heterocycles. The number of nitrogens with two attached hydrogens (primary N) is 1. The van der Waals surface area contributed by atoms with Crippen molar-refractivity contribution >= 4 is 17.5 Å². The summed E-state index contributed by atoms with van der Waals surface area (Å²) in [7, 11) is 0. The van der Waals surface area contributed by atoms with E-state index in [1.54, 1.807) is 24.3 Å². The predicted molar refractivity (Wildman–Crippen MR) is 90.2 cm³/mol. The van der Waals surface area contributed by atoms with Gasteiger partial charge in [-0.15, -0.1) is 0 Å². The van der Waals surface area contributed by atoms with E-state index in [9.17, 15) is 9.59 Å². The minimum Gasteiger partial charge on any atom is -0.339 e. The van der Waals surface area contributed by atoms with E-state index in [1.165, 1.54) is 0 Å². The van der Waals surface area contributed by atoms with Crippen LogP contribution in [0.25, 0.3) is 0 Å². The number of carbonyl (C=O) groups is 2. The standard InChI is InChI=1S/C18H25N3O2/c19-13-18(9-1-2-10-18)17(23)20-15-7-5-14(6-8-15)16(22)21-11-3-4-12-21/h5-8H,1-4,9-13,19H2,(H,20,23). The molecule has 0 radical (unpaired) electrons. The zero-order chi connectivity index (χ0) is 16.3. The molecular formula is C18H25N3O2. The smallest absolute Gasteiger partial charge is 0.253 e. The zero-order valence-electron chi connectivity index (χ0n) is 13.5. The highest BCUT2D eigenvalue weighted by Crippen LogP contribution is 2.38. The SMILES string of the molecule is NCC1(C(=O)Nc2ccc(C(=O)N3CCCC3)cc2)CCCC1. The molecule has 0 unspecified atom stereocenters. The van der Waals surface area contributed by atoms with Crippen LogP contribution in [-0.2, 0) is 4.79 Å². The summed E-state index contributed by atoms with van der Waals surface area (Å²) >= 11 is 0. The number of likely N-dealkylation sites (tertiary alicyclic amines) is 1. The molecule has 124 valence electrons. The number of anilines is 1. The minimum atomic E-state index is -0.413. The highest BCUT2D eigenvalue weighted by molar-refractivity contribution is 5.97. The summed E-state index contributed by atoms with van der Waals surface area (Å²) in [6.07, 6.45) is 6.02. The Bertz CT molecular complexity index is 570. The van der Waals surface area contributed by atoms with E-state index in [-0.39, 0.29) is 11.8 Å². The van der Waals surface area contributed by atoms with Crippen LogP contribution in [0.2, 0.25) is 0 Å². The predicted octanol–water partition coefficient (Wildman–Crippen LogP) is 2.38. The molecule has 1 aliphatic carbocycles. The first kappa shape index (κ1) is 16.0. The molecule has 2 fully saturated rings. The normalized spacial score (nSPS) is 19.8. The van der Waals surface area contributed by atoms with Crippen molar-refractivity contribution in [2.45, 2.75) is 38.5 Å². The Labute approximate surface area is 137 Å². The maximum absolute atomic E-state index is 12.5. The summed E-state index contributed by atoms with van der Waals surface area (Å²) in [6.45, 7) is 2.08. The van der Waals surface area contributed by atoms with E-state index >= 15 is 0 Å². The van der Waals surface area contributed by atoms with Crippen LogP contribution >= 0.6 is 0 Å². The number of hydrogen-bond donors (Lipinski definition) is 2. The Morgan fingerprint density at radius 1 is 1.04 bits per heavy atom. The van der Waals surface area contributed by atoms with Gasteiger partial charge in [-0.3, -0.25) is 9.59 Å². The molecule has 3 rings (SSSR count). The molecule has 5 nitrogen and oxygen atoms in total. The molecule has 0 bridgehead atoms. The number of carbonyl (C=O) groups excluding carboxylic acids is 2. The van der Waals surface area contributed by atoms with Crippen LogP contribution < -0.4 is 11.1 Å². The van der Waals surface area contributed by atoms with Gasteiger partial charge < -0.3 is 16.0 Å². The Balaban J connectivity index is 1.65. The van der Waals surface area contributed by atoms with Crippen molar-refractivity contribution in [2.75, 3.05) is 25.0 Å². The van der Waals surface area contributed by atoms with Gasteiger partial charge in [0.2, 0.25) is 5.91 Å². The molecule has 0 atom stereocenters. The monoisotopic (exact) mass is 315 g/mol. The second kappa shape index (κ2) is 6.71. The summed E-state index contributed by atoms with van der Waals surface area (Å²) < 4.78 is 0. The van der Waals surface area contributed by atoms with Crippen molar-refractivity contribution in [1.82, 2.24) is 4.90 Å². The molecule has 23 heavy (non-hydrogen) atoms. The molecule has 1 aromatic carbocycles. The zero-order valence-corrected chi connectivity index (χ0v) is 13.5. The third-order valence-electron chi connectivity index (χ3n) is 5.22. The summed E-state index contributed by atoms with van der Waals surface area (Å²) in [5.41, 5.74) is 6.84. The average molecular weight is 315 g/mol. The van der Waals surface area contributed by atoms with E-state index < -0.39 is 5.41 Å². The summed E-state index contributed by atoms with van der Waals surface area (Å²) in [5.74, 6) is 0.0886. The van der Waals surface area contributed by atoms with Crippen LogP contribution in [-0.4, -0.2) is 36.3 Å². The lowest BCUT2D eigenvalue weighted by Crippen LogP contribution is -2.40. The highest BCUT2D eigenvalue weighted by atomic mass is 16.2. The number of hydrogen-bond acceptors (Lipinski definition) is 3. The van der Waals surface area contributed by atoms with Crippen molar-refractivity contribution in [2.24, 2.45) is 11.1 Å². The van der Waals surface area contributed by atoms with E-state index in [0.717, 1.165) is 57.3 Å². The number of amides is 2. The number of rotatable bonds is 4. The molecule has 2 aliphatic rings. The molecular weight excluding hydrogens is 290 g/mol. The maximum atomic E-state index is 12.5. The van der Waals surface area contributed by atoms with Crippen LogP contribution in [0.1, 0.15) is 48.9 Å². The molecule has 5 heteroatoms. The Hall–Kier alpha value is -1.88. The fourth-order valence-electron chi connectivity index (χ4n) is 3.64. The second-order valence-electron chi connectivity index (χ2n) is 6.72. The number of benzene rings is 1. The first-order valence-electron chi connectivity index (χ1n) is 8.55. The fraction of sp³-hybridized carbons (Fsp3) is 0.556. The number of nitrogens with one attached hydrogen (secondary N) is 1. The lowest BCUT2D eigenvalue weighted by atomic mass is 9.85. The van der Waals surface area contributed by atoms with Crippen LogP contribution in [0, 0.1) is 5.41 Å². The second-order valence-corrected chi connectivity index (χ2v) is 6.72. The highest BCUT2D eigenvalue weighted by Gasteiger charge is 2.39. The van der Waals surface area contributed by atoms with E-state index in [2.05, 4.69) is 5.32 Å². The van der Waals surface area contributed by atoms with Crippen LogP contribution in [0.4, 0.5) is 5.69 Å². The van der Waals surface area contributed by atoms with Gasteiger partial charge in [-0.05, 0) is 49.9 Å². The average Bonchev–Trinajstić information content (AvgIpc) is 3.27. The third-order valence-corrected chi connectivity index (χ3v) is 5.22. The molecule has 3 N–H and O–H groups in total. The first-order valence-corrected chi connectivity index (χ1v) is 8.55. The van der Waals surface area contributed by atoms with Crippen molar-refractivity contribution in [3.05, 3.63) is 29.8 Å². The number of nitrogens with zero attached hydrogens (tertiary/aromatic N) is 1. The molecule has 1 heterocycles. The third kappa shape index (κ3) is 3.24. The minimum absolute atomic E-state index is 0.0103. The summed E-state index contributed by atoms with van der Waals surface area (Å²) in [5, 5.41) is 2.97. The molecule has 1 aliphatic heterocycles. The van der Waals surface area contributed by atoms with Crippen molar-refractivity contribution in [3.63, 3.8) is 0 Å². The van der Waals surface area contributed by atoms with Crippen molar-refractivity contribution < 1.29 is 9.59 Å². The molecule has 1 saturated carbocycles. The van der Waals surface area contributed by atoms with Gasteiger partial charge >= 0.3 is 0 Å². The first-order chi connectivity index (χ1) is 11.1. The van der Waals surface area contributed by atoms with Gasteiger partial charge in [-0.1, -0.05) is 12.8 Å². The lowest BCUT2D eigenvalue weighted by molar-refractivity contribution is -0.124. The van der Waals surface area contributed by atoms with Crippen LogP contribution in [0.5, 0.6) is 0 Å².